The van der Waals surface area contributed by atoms with Crippen LogP contribution in [0.3, 0.4) is 0 Å². The second-order valence-corrected chi connectivity index (χ2v) is 9.09. The van der Waals surface area contributed by atoms with Crippen LogP contribution in [0.25, 0.3) is 0 Å². The molecular formula is C25H29NO5. The van der Waals surface area contributed by atoms with Crippen LogP contribution in [-0.2, 0) is 11.2 Å². The Morgan fingerprint density at radius 1 is 1.03 bits per heavy atom. The van der Waals surface area contributed by atoms with Crippen LogP contribution in [0.5, 0.6) is 11.5 Å². The average Bonchev–Trinajstić information content (AvgIpc) is 3.37. The fourth-order valence-corrected chi connectivity index (χ4v) is 4.23. The summed E-state index contributed by atoms with van der Waals surface area (Å²) in [5.41, 5.74) is 1.11. The van der Waals surface area contributed by atoms with E-state index in [9.17, 15) is 9.59 Å². The summed E-state index contributed by atoms with van der Waals surface area (Å²) in [6.07, 6.45) is 2.59. The fraction of sp³-hybridized carbons (Fsp3) is 0.440. The quantitative estimate of drug-likeness (QED) is 0.633. The van der Waals surface area contributed by atoms with Gasteiger partial charge in [0.1, 0.15) is 5.60 Å². The summed E-state index contributed by atoms with van der Waals surface area (Å²) in [5, 5.41) is 0. The molecule has 0 aliphatic carbocycles. The number of fused-ring (bicyclic) bond motifs is 1. The van der Waals surface area contributed by atoms with Gasteiger partial charge in [0.25, 0.3) is 0 Å². The standard InChI is InChI=1S/C25H29NO5/c1-25(2,3)31-24(28)26-19(11-9-17-7-5-4-6-8-17)12-13-20(26)23(27)18-10-14-21-22(15-18)30-16-29-21/h4-8,10,14-15,19-20H,9,11-13,16H2,1-3H3/t19-,20-/m0/s1. The summed E-state index contributed by atoms with van der Waals surface area (Å²) in [6.45, 7) is 5.68. The Hall–Kier alpha value is -3.02. The molecule has 2 aliphatic heterocycles. The van der Waals surface area contributed by atoms with E-state index in [1.807, 2.05) is 39.0 Å². The molecule has 6 heteroatoms. The third-order valence-corrected chi connectivity index (χ3v) is 5.68. The number of aryl methyl sites for hydroxylation is 1. The maximum Gasteiger partial charge on any atom is 0.411 e. The highest BCUT2D eigenvalue weighted by molar-refractivity contribution is 6.02. The van der Waals surface area contributed by atoms with Crippen molar-refractivity contribution in [2.75, 3.05) is 6.79 Å². The van der Waals surface area contributed by atoms with Gasteiger partial charge < -0.3 is 14.2 Å². The Kier molecular flexibility index (Phi) is 5.90. The van der Waals surface area contributed by atoms with Gasteiger partial charge in [-0.05, 0) is 70.2 Å². The van der Waals surface area contributed by atoms with Crippen molar-refractivity contribution in [3.63, 3.8) is 0 Å². The molecule has 0 unspecified atom stereocenters. The number of likely N-dealkylation sites (tertiary alicyclic amines) is 1. The minimum Gasteiger partial charge on any atom is -0.454 e. The molecule has 0 aromatic heterocycles. The minimum absolute atomic E-state index is 0.0435. The van der Waals surface area contributed by atoms with Gasteiger partial charge in [0, 0.05) is 11.6 Å². The first-order valence-corrected chi connectivity index (χ1v) is 10.8. The van der Waals surface area contributed by atoms with E-state index in [2.05, 4.69) is 12.1 Å². The van der Waals surface area contributed by atoms with Gasteiger partial charge in [0.05, 0.1) is 6.04 Å². The Balaban J connectivity index is 1.55. The normalized spacial score (nSPS) is 20.0. The molecule has 2 aromatic rings. The van der Waals surface area contributed by atoms with E-state index in [1.54, 1.807) is 23.1 Å². The number of ketones is 1. The zero-order valence-corrected chi connectivity index (χ0v) is 18.3. The van der Waals surface area contributed by atoms with E-state index in [-0.39, 0.29) is 18.6 Å². The molecule has 4 rings (SSSR count). The van der Waals surface area contributed by atoms with Gasteiger partial charge in [0.15, 0.2) is 17.3 Å². The number of hydrogen-bond acceptors (Lipinski definition) is 5. The van der Waals surface area contributed by atoms with E-state index in [0.717, 1.165) is 19.3 Å². The lowest BCUT2D eigenvalue weighted by Gasteiger charge is -2.32. The molecule has 164 valence electrons. The zero-order valence-electron chi connectivity index (χ0n) is 18.3. The summed E-state index contributed by atoms with van der Waals surface area (Å²) in [7, 11) is 0. The van der Waals surface area contributed by atoms with E-state index < -0.39 is 17.7 Å². The van der Waals surface area contributed by atoms with Crippen LogP contribution in [0, 0.1) is 0 Å². The van der Waals surface area contributed by atoms with Crippen LogP contribution in [0.2, 0.25) is 0 Å². The highest BCUT2D eigenvalue weighted by Crippen LogP contribution is 2.35. The third kappa shape index (κ3) is 4.84. The molecule has 0 N–H and O–H groups in total. The fourth-order valence-electron chi connectivity index (χ4n) is 4.23. The van der Waals surface area contributed by atoms with Crippen molar-refractivity contribution < 1.29 is 23.8 Å². The number of ether oxygens (including phenoxy) is 3. The second kappa shape index (κ2) is 8.61. The van der Waals surface area contributed by atoms with Crippen molar-refractivity contribution in [3.8, 4) is 11.5 Å². The first-order chi connectivity index (χ1) is 14.8. The number of nitrogens with zero attached hydrogens (tertiary/aromatic N) is 1. The summed E-state index contributed by atoms with van der Waals surface area (Å²) in [4.78, 5) is 28.2. The Morgan fingerprint density at radius 3 is 2.52 bits per heavy atom. The van der Waals surface area contributed by atoms with E-state index in [0.29, 0.717) is 23.5 Å². The van der Waals surface area contributed by atoms with Crippen LogP contribution in [0.4, 0.5) is 4.79 Å². The number of rotatable bonds is 5. The summed E-state index contributed by atoms with van der Waals surface area (Å²) in [5.74, 6) is 1.10. The molecule has 1 fully saturated rings. The van der Waals surface area contributed by atoms with Gasteiger partial charge >= 0.3 is 6.09 Å². The Labute approximate surface area is 183 Å². The average molecular weight is 424 g/mol. The number of Topliss-reactive ketones (excluding diaryl/α,β-unsaturated/α-hetero) is 1. The molecular weight excluding hydrogens is 394 g/mol. The van der Waals surface area contributed by atoms with Crippen LogP contribution < -0.4 is 9.47 Å². The number of amides is 1. The Morgan fingerprint density at radius 2 is 1.77 bits per heavy atom. The molecule has 1 amide bonds. The van der Waals surface area contributed by atoms with Crippen LogP contribution in [0.1, 0.15) is 56.0 Å². The number of benzene rings is 2. The van der Waals surface area contributed by atoms with Gasteiger partial charge in [0.2, 0.25) is 6.79 Å². The van der Waals surface area contributed by atoms with Gasteiger partial charge in [-0.25, -0.2) is 4.79 Å². The number of carbonyl (C=O) groups is 2. The molecule has 31 heavy (non-hydrogen) atoms. The van der Waals surface area contributed by atoms with E-state index >= 15 is 0 Å². The van der Waals surface area contributed by atoms with E-state index in [4.69, 9.17) is 14.2 Å². The monoisotopic (exact) mass is 423 g/mol. The summed E-state index contributed by atoms with van der Waals surface area (Å²) >= 11 is 0. The van der Waals surface area contributed by atoms with Gasteiger partial charge in [-0.3, -0.25) is 9.69 Å². The van der Waals surface area contributed by atoms with E-state index in [1.165, 1.54) is 5.56 Å². The second-order valence-electron chi connectivity index (χ2n) is 9.09. The molecule has 0 spiro atoms. The summed E-state index contributed by atoms with van der Waals surface area (Å²) < 4.78 is 16.5. The smallest absolute Gasteiger partial charge is 0.411 e. The molecule has 1 saturated heterocycles. The summed E-state index contributed by atoms with van der Waals surface area (Å²) in [6, 6.07) is 14.8. The van der Waals surface area contributed by atoms with Gasteiger partial charge in [-0.1, -0.05) is 30.3 Å². The van der Waals surface area contributed by atoms with Gasteiger partial charge in [-0.2, -0.15) is 0 Å². The number of hydrogen-bond donors (Lipinski definition) is 0. The van der Waals surface area contributed by atoms with Crippen molar-refractivity contribution >= 4 is 11.9 Å². The van der Waals surface area contributed by atoms with Crippen molar-refractivity contribution in [3.05, 3.63) is 59.7 Å². The molecule has 6 nitrogen and oxygen atoms in total. The Bertz CT molecular complexity index is 950. The maximum atomic E-state index is 13.4. The highest BCUT2D eigenvalue weighted by Gasteiger charge is 2.43. The lowest BCUT2D eigenvalue weighted by Crippen LogP contribution is -2.47. The third-order valence-electron chi connectivity index (χ3n) is 5.68. The lowest BCUT2D eigenvalue weighted by molar-refractivity contribution is 0.0140. The molecule has 2 heterocycles. The molecule has 0 radical (unpaired) electrons. The van der Waals surface area contributed by atoms with Crippen molar-refractivity contribution in [2.24, 2.45) is 0 Å². The first-order valence-electron chi connectivity index (χ1n) is 10.8. The SMILES string of the molecule is CC(C)(C)OC(=O)N1[C@@H](CCc2ccccc2)CC[C@H]1C(=O)c1ccc2c(c1)OCO2. The predicted molar refractivity (Wildman–Crippen MR) is 117 cm³/mol. The van der Waals surface area contributed by atoms with Crippen LogP contribution >= 0.6 is 0 Å². The highest BCUT2D eigenvalue weighted by atomic mass is 16.7. The maximum absolute atomic E-state index is 13.4. The molecule has 2 aliphatic rings. The van der Waals surface area contributed by atoms with Crippen LogP contribution in [-0.4, -0.2) is 41.3 Å². The molecule has 2 aromatic carbocycles. The predicted octanol–water partition coefficient (Wildman–Crippen LogP) is 5.00. The molecule has 0 bridgehead atoms. The van der Waals surface area contributed by atoms with Gasteiger partial charge in [-0.15, -0.1) is 0 Å². The number of carbonyl (C=O) groups excluding carboxylic acids is 2. The topological polar surface area (TPSA) is 65.1 Å². The molecule has 0 saturated carbocycles. The van der Waals surface area contributed by atoms with Crippen molar-refractivity contribution in [2.45, 2.75) is 64.1 Å². The lowest BCUT2D eigenvalue weighted by atomic mass is 10.0. The van der Waals surface area contributed by atoms with Crippen molar-refractivity contribution in [1.29, 1.82) is 0 Å². The van der Waals surface area contributed by atoms with Crippen molar-refractivity contribution in [1.82, 2.24) is 4.90 Å². The first kappa shape index (κ1) is 21.2. The molecule has 2 atom stereocenters. The minimum atomic E-state index is -0.629. The largest absolute Gasteiger partial charge is 0.454 e. The zero-order chi connectivity index (χ0) is 22.0. The van der Waals surface area contributed by atoms with Crippen LogP contribution in [0.15, 0.2) is 48.5 Å².